The average Bonchev–Trinajstić information content (AvgIpc) is 2.98. The lowest BCUT2D eigenvalue weighted by molar-refractivity contribution is 0.349. The maximum absolute atomic E-state index is 10.2. The van der Waals surface area contributed by atoms with Crippen LogP contribution in [0.1, 0.15) is 0 Å². The molecule has 10 heteroatoms. The molecule has 10 nitrogen and oxygen atoms in total. The van der Waals surface area contributed by atoms with Crippen LogP contribution in [0.2, 0.25) is 0 Å². The van der Waals surface area contributed by atoms with Crippen LogP contribution in [0.15, 0.2) is 10.5 Å². The zero-order valence-electron chi connectivity index (χ0n) is 12.5. The monoisotopic (exact) mass is 362 g/mol. The van der Waals surface area contributed by atoms with Gasteiger partial charge in [0.05, 0.1) is 10.8 Å². The van der Waals surface area contributed by atoms with E-state index in [9.17, 15) is 46.0 Å². The lowest BCUT2D eigenvalue weighted by Crippen LogP contribution is -1.84. The molecule has 1 heterocycles. The molecular formula is C16H10O10. The van der Waals surface area contributed by atoms with Crippen LogP contribution in [0.5, 0.6) is 51.7 Å². The van der Waals surface area contributed by atoms with Crippen LogP contribution in [-0.2, 0) is 0 Å². The topological polar surface area (TPSA) is 195 Å². The third-order valence-corrected chi connectivity index (χ3v) is 4.23. The highest BCUT2D eigenvalue weighted by atomic mass is 16.4. The van der Waals surface area contributed by atoms with E-state index >= 15 is 0 Å². The van der Waals surface area contributed by atoms with Crippen molar-refractivity contribution < 1.29 is 50.4 Å². The largest absolute Gasteiger partial charge is 0.504 e. The second kappa shape index (κ2) is 4.51. The van der Waals surface area contributed by atoms with Crippen molar-refractivity contribution in [1.82, 2.24) is 0 Å². The van der Waals surface area contributed by atoms with E-state index in [1.54, 1.807) is 0 Å². The minimum Gasteiger partial charge on any atom is -0.504 e. The van der Waals surface area contributed by atoms with Gasteiger partial charge in [-0.05, 0) is 0 Å². The van der Waals surface area contributed by atoms with E-state index in [0.717, 1.165) is 6.07 Å². The number of furan rings is 1. The summed E-state index contributed by atoms with van der Waals surface area (Å²) in [5.41, 5.74) is -0.730. The SMILES string of the molecule is Oc1cc2oc3c(O)c(O)c4c(O)c(O)c(O)c(O)c4c3c2c(O)c1O. The third kappa shape index (κ3) is 1.55. The van der Waals surface area contributed by atoms with Crippen molar-refractivity contribution in [3.8, 4) is 51.7 Å². The van der Waals surface area contributed by atoms with Crippen molar-refractivity contribution in [2.75, 3.05) is 0 Å². The Morgan fingerprint density at radius 2 is 0.962 bits per heavy atom. The fourth-order valence-corrected chi connectivity index (χ4v) is 3.02. The van der Waals surface area contributed by atoms with Gasteiger partial charge in [-0.2, -0.15) is 0 Å². The Hall–Kier alpha value is -4.08. The van der Waals surface area contributed by atoms with Gasteiger partial charge in [-0.25, -0.2) is 0 Å². The van der Waals surface area contributed by atoms with Gasteiger partial charge in [-0.1, -0.05) is 0 Å². The molecule has 0 saturated carbocycles. The Morgan fingerprint density at radius 1 is 0.462 bits per heavy atom. The van der Waals surface area contributed by atoms with Crippen molar-refractivity contribution in [3.05, 3.63) is 6.07 Å². The predicted molar refractivity (Wildman–Crippen MR) is 86.2 cm³/mol. The van der Waals surface area contributed by atoms with Gasteiger partial charge in [0.1, 0.15) is 5.58 Å². The summed E-state index contributed by atoms with van der Waals surface area (Å²) in [6.07, 6.45) is 0. The normalized spacial score (nSPS) is 11.7. The maximum Gasteiger partial charge on any atom is 0.205 e. The summed E-state index contributed by atoms with van der Waals surface area (Å²) in [6, 6.07) is 0.907. The fraction of sp³-hybridized carbons (Fsp3) is 0. The Balaban J connectivity index is 2.48. The maximum atomic E-state index is 10.2. The Morgan fingerprint density at radius 3 is 1.58 bits per heavy atom. The average molecular weight is 362 g/mol. The molecule has 0 amide bonds. The van der Waals surface area contributed by atoms with Gasteiger partial charge in [0.15, 0.2) is 34.3 Å². The van der Waals surface area contributed by atoms with Crippen molar-refractivity contribution in [2.24, 2.45) is 0 Å². The number of fused-ring (bicyclic) bond motifs is 5. The second-order valence-electron chi connectivity index (χ2n) is 5.61. The van der Waals surface area contributed by atoms with Gasteiger partial charge in [-0.3, -0.25) is 0 Å². The van der Waals surface area contributed by atoms with E-state index in [0.29, 0.717) is 0 Å². The molecule has 3 aromatic carbocycles. The molecule has 4 rings (SSSR count). The quantitative estimate of drug-likeness (QED) is 0.165. The van der Waals surface area contributed by atoms with Crippen molar-refractivity contribution in [1.29, 1.82) is 0 Å². The summed E-state index contributed by atoms with van der Waals surface area (Å²) in [5.74, 6) is -8.77. The van der Waals surface area contributed by atoms with Crippen LogP contribution in [0.4, 0.5) is 0 Å². The summed E-state index contributed by atoms with van der Waals surface area (Å²) < 4.78 is 5.28. The van der Waals surface area contributed by atoms with Gasteiger partial charge in [0, 0.05) is 16.8 Å². The van der Waals surface area contributed by atoms with Gasteiger partial charge < -0.3 is 50.4 Å². The van der Waals surface area contributed by atoms with Crippen LogP contribution in [0.3, 0.4) is 0 Å². The van der Waals surface area contributed by atoms with Gasteiger partial charge in [0.2, 0.25) is 23.0 Å². The highest BCUT2D eigenvalue weighted by Gasteiger charge is 2.30. The smallest absolute Gasteiger partial charge is 0.205 e. The molecule has 0 spiro atoms. The first-order valence-corrected chi connectivity index (χ1v) is 7.00. The number of rotatable bonds is 0. The highest BCUT2D eigenvalue weighted by molar-refractivity contribution is 6.27. The molecule has 0 saturated heterocycles. The second-order valence-corrected chi connectivity index (χ2v) is 5.61. The molecule has 0 unspecified atom stereocenters. The Bertz CT molecular complexity index is 1270. The lowest BCUT2D eigenvalue weighted by atomic mass is 9.98. The highest BCUT2D eigenvalue weighted by Crippen LogP contribution is 2.59. The van der Waals surface area contributed by atoms with Crippen LogP contribution >= 0.6 is 0 Å². The van der Waals surface area contributed by atoms with Crippen LogP contribution in [0, 0.1) is 0 Å². The van der Waals surface area contributed by atoms with E-state index in [4.69, 9.17) is 4.42 Å². The first-order chi connectivity index (χ1) is 12.2. The fourth-order valence-electron chi connectivity index (χ4n) is 3.02. The number of hydrogen-bond acceptors (Lipinski definition) is 10. The molecule has 0 aliphatic carbocycles. The summed E-state index contributed by atoms with van der Waals surface area (Å²) in [4.78, 5) is 0. The minimum atomic E-state index is -1.15. The molecule has 0 atom stereocenters. The molecule has 4 aromatic rings. The summed E-state index contributed by atoms with van der Waals surface area (Å²) in [5, 5.41) is 87.8. The van der Waals surface area contributed by atoms with Gasteiger partial charge in [0.25, 0.3) is 0 Å². The Kier molecular flexibility index (Phi) is 2.68. The summed E-state index contributed by atoms with van der Waals surface area (Å²) >= 11 is 0. The third-order valence-electron chi connectivity index (χ3n) is 4.23. The van der Waals surface area contributed by atoms with E-state index in [1.165, 1.54) is 0 Å². The minimum absolute atomic E-state index is 0.249. The first kappa shape index (κ1) is 15.4. The molecule has 0 fully saturated rings. The molecular weight excluding hydrogens is 352 g/mol. The number of aromatic hydroxyl groups is 9. The van der Waals surface area contributed by atoms with Crippen LogP contribution in [-0.4, -0.2) is 46.0 Å². The zero-order valence-corrected chi connectivity index (χ0v) is 12.5. The van der Waals surface area contributed by atoms with Gasteiger partial charge >= 0.3 is 0 Å². The Labute approximate surface area is 141 Å². The van der Waals surface area contributed by atoms with Crippen LogP contribution in [0.25, 0.3) is 32.7 Å². The van der Waals surface area contributed by atoms with E-state index < -0.39 is 68.1 Å². The molecule has 9 N–H and O–H groups in total. The van der Waals surface area contributed by atoms with E-state index in [-0.39, 0.29) is 16.4 Å². The number of phenolic OH excluding ortho intramolecular Hbond substituents is 9. The number of benzene rings is 3. The molecule has 1 aromatic heterocycles. The van der Waals surface area contributed by atoms with E-state index in [2.05, 4.69) is 0 Å². The molecule has 26 heavy (non-hydrogen) atoms. The molecule has 0 aliphatic heterocycles. The van der Waals surface area contributed by atoms with Crippen molar-refractivity contribution in [2.45, 2.75) is 0 Å². The van der Waals surface area contributed by atoms with E-state index in [1.807, 2.05) is 0 Å². The zero-order chi connectivity index (χ0) is 19.1. The molecule has 0 radical (unpaired) electrons. The summed E-state index contributed by atoms with van der Waals surface area (Å²) in [7, 11) is 0. The van der Waals surface area contributed by atoms with Gasteiger partial charge in [-0.15, -0.1) is 0 Å². The molecule has 134 valence electrons. The van der Waals surface area contributed by atoms with Crippen molar-refractivity contribution >= 4 is 32.7 Å². The predicted octanol–water partition coefficient (Wildman–Crippen LogP) is 2.09. The number of hydrogen-bond donors (Lipinski definition) is 9. The molecule has 0 aliphatic rings. The van der Waals surface area contributed by atoms with Crippen molar-refractivity contribution in [3.63, 3.8) is 0 Å². The lowest BCUT2D eigenvalue weighted by Gasteiger charge is -2.12. The standard InChI is InChI=1S/C16H10O10/c17-2-1-3-4(9(19)8(2)18)6-5-7(12(22)15(25)16(6)26-3)11(21)14(24)13(23)10(5)20/h1,17-25H. The molecule has 0 bridgehead atoms. The number of phenols is 9. The summed E-state index contributed by atoms with van der Waals surface area (Å²) in [6.45, 7) is 0. The van der Waals surface area contributed by atoms with Crippen LogP contribution < -0.4 is 0 Å². The first-order valence-electron chi connectivity index (χ1n) is 7.00.